The van der Waals surface area contributed by atoms with Crippen LogP contribution in [-0.2, 0) is 11.2 Å². The Balaban J connectivity index is 1.34. The van der Waals surface area contributed by atoms with Crippen LogP contribution < -0.4 is 4.74 Å². The second-order valence-corrected chi connectivity index (χ2v) is 9.88. The number of thioether (sulfide) groups is 1. The summed E-state index contributed by atoms with van der Waals surface area (Å²) < 4.78 is 19.9. The van der Waals surface area contributed by atoms with Crippen LogP contribution in [0.4, 0.5) is 4.39 Å². The lowest BCUT2D eigenvalue weighted by Crippen LogP contribution is -2.45. The molecule has 0 spiro atoms. The maximum Gasteiger partial charge on any atom is 0.309 e. The van der Waals surface area contributed by atoms with E-state index in [4.69, 9.17) is 4.74 Å². The second-order valence-electron chi connectivity index (χ2n) is 8.76. The van der Waals surface area contributed by atoms with E-state index in [0.717, 1.165) is 35.8 Å². The number of pyridine rings is 2. The van der Waals surface area contributed by atoms with Crippen LogP contribution in [0.1, 0.15) is 31.2 Å². The van der Waals surface area contributed by atoms with E-state index in [1.54, 1.807) is 37.2 Å². The average molecular weight is 484 g/mol. The van der Waals surface area contributed by atoms with E-state index in [1.807, 2.05) is 24.3 Å². The van der Waals surface area contributed by atoms with E-state index in [0.29, 0.717) is 48.9 Å². The normalized spacial score (nSPS) is 15.9. The van der Waals surface area contributed by atoms with Gasteiger partial charge in [-0.05, 0) is 81.1 Å². The molecule has 180 valence electrons. The third kappa shape index (κ3) is 5.67. The predicted molar refractivity (Wildman–Crippen MR) is 132 cm³/mol. The molecule has 1 aliphatic heterocycles. The number of carbonyl (C=O) groups is 1. The van der Waals surface area contributed by atoms with Crippen molar-refractivity contribution in [3.63, 3.8) is 0 Å². The maximum atomic E-state index is 14.6. The van der Waals surface area contributed by atoms with Crippen molar-refractivity contribution in [1.82, 2.24) is 14.9 Å². The number of halogens is 1. The second kappa shape index (κ2) is 11.1. The fourth-order valence-corrected chi connectivity index (χ4v) is 5.54. The number of aromatic nitrogens is 2. The molecule has 0 bridgehead atoms. The number of piperidine rings is 1. The summed E-state index contributed by atoms with van der Waals surface area (Å²) in [6.45, 7) is 2.44. The van der Waals surface area contributed by atoms with Gasteiger partial charge in [-0.25, -0.2) is 9.37 Å². The molecule has 0 unspecified atom stereocenters. The standard InChI is InChI=1S/C26H30FN3O3S/c1-33-19-7-8-23-21(17-19)20(22(27)18-29-23)5-4-9-26(25(31)32)10-13-30(14-11-26)15-16-34-24-6-2-3-12-28-24/h2-3,6-8,12,17-18H,4-5,9-11,13-16H2,1H3,(H,31,32). The van der Waals surface area contributed by atoms with Crippen molar-refractivity contribution < 1.29 is 19.0 Å². The van der Waals surface area contributed by atoms with Crippen molar-refractivity contribution in [3.8, 4) is 5.75 Å². The number of likely N-dealkylation sites (tertiary alicyclic amines) is 1. The summed E-state index contributed by atoms with van der Waals surface area (Å²) in [6, 6.07) is 11.3. The van der Waals surface area contributed by atoms with E-state index in [9.17, 15) is 14.3 Å². The van der Waals surface area contributed by atoms with Crippen LogP contribution in [0, 0.1) is 11.2 Å². The Kier molecular flexibility index (Phi) is 8.00. The Morgan fingerprint density at radius 2 is 2.06 bits per heavy atom. The Labute approximate surface area is 203 Å². The lowest BCUT2D eigenvalue weighted by molar-refractivity contribution is -0.152. The number of benzene rings is 1. The van der Waals surface area contributed by atoms with Crippen LogP contribution in [0.2, 0.25) is 0 Å². The first-order chi connectivity index (χ1) is 16.5. The van der Waals surface area contributed by atoms with Crippen LogP contribution in [-0.4, -0.2) is 58.4 Å². The van der Waals surface area contributed by atoms with Gasteiger partial charge >= 0.3 is 5.97 Å². The molecule has 0 saturated carbocycles. The number of aliphatic carboxylic acids is 1. The molecular weight excluding hydrogens is 453 g/mol. The first-order valence-electron chi connectivity index (χ1n) is 11.6. The molecule has 0 radical (unpaired) electrons. The summed E-state index contributed by atoms with van der Waals surface area (Å²) in [6.07, 6.45) is 5.88. The van der Waals surface area contributed by atoms with Gasteiger partial charge in [0.1, 0.15) is 11.6 Å². The van der Waals surface area contributed by atoms with Crippen molar-refractivity contribution in [2.24, 2.45) is 5.41 Å². The van der Waals surface area contributed by atoms with Crippen LogP contribution in [0.25, 0.3) is 10.9 Å². The smallest absolute Gasteiger partial charge is 0.309 e. The highest BCUT2D eigenvalue weighted by Gasteiger charge is 2.40. The number of hydrogen-bond acceptors (Lipinski definition) is 6. The van der Waals surface area contributed by atoms with Gasteiger partial charge in [0.05, 0.1) is 29.3 Å². The molecule has 8 heteroatoms. The molecule has 2 aromatic heterocycles. The number of aryl methyl sites for hydroxylation is 1. The van der Waals surface area contributed by atoms with Gasteiger partial charge in [-0.15, -0.1) is 11.8 Å². The van der Waals surface area contributed by atoms with Gasteiger partial charge in [0.25, 0.3) is 0 Å². The van der Waals surface area contributed by atoms with Gasteiger partial charge in [-0.2, -0.15) is 0 Å². The van der Waals surface area contributed by atoms with Gasteiger partial charge in [-0.3, -0.25) is 9.78 Å². The third-order valence-electron chi connectivity index (χ3n) is 6.78. The Morgan fingerprint density at radius 1 is 1.24 bits per heavy atom. The minimum atomic E-state index is -0.748. The van der Waals surface area contributed by atoms with Crippen molar-refractivity contribution in [1.29, 1.82) is 0 Å². The fourth-order valence-electron chi connectivity index (χ4n) is 4.67. The first-order valence-corrected chi connectivity index (χ1v) is 12.6. The summed E-state index contributed by atoms with van der Waals surface area (Å²) in [7, 11) is 1.58. The molecule has 3 heterocycles. The molecule has 34 heavy (non-hydrogen) atoms. The Hall–Kier alpha value is -2.71. The average Bonchev–Trinajstić information content (AvgIpc) is 2.86. The lowest BCUT2D eigenvalue weighted by atomic mass is 9.74. The number of hydrogen-bond donors (Lipinski definition) is 1. The minimum absolute atomic E-state index is 0.356. The molecule has 1 aliphatic rings. The molecule has 4 rings (SSSR count). The molecular formula is C26H30FN3O3S. The highest BCUT2D eigenvalue weighted by atomic mass is 32.2. The lowest BCUT2D eigenvalue weighted by Gasteiger charge is -2.39. The molecule has 0 atom stereocenters. The van der Waals surface area contributed by atoms with Crippen LogP contribution in [0.5, 0.6) is 5.75 Å². The van der Waals surface area contributed by atoms with Crippen molar-refractivity contribution in [2.75, 3.05) is 32.5 Å². The number of ether oxygens (including phenoxy) is 1. The zero-order valence-electron chi connectivity index (χ0n) is 19.4. The van der Waals surface area contributed by atoms with Gasteiger partial charge in [-0.1, -0.05) is 6.07 Å². The number of methoxy groups -OCH3 is 1. The zero-order valence-corrected chi connectivity index (χ0v) is 20.2. The van der Waals surface area contributed by atoms with E-state index in [1.165, 1.54) is 6.20 Å². The topological polar surface area (TPSA) is 75.6 Å². The SMILES string of the molecule is COc1ccc2ncc(F)c(CCCC3(C(=O)O)CCN(CCSc4ccccn4)CC3)c2c1. The monoisotopic (exact) mass is 483 g/mol. The molecule has 3 aromatic rings. The minimum Gasteiger partial charge on any atom is -0.497 e. The maximum absolute atomic E-state index is 14.6. The first kappa shape index (κ1) is 24.4. The number of nitrogens with zero attached hydrogens (tertiary/aromatic N) is 3. The molecule has 1 saturated heterocycles. The van der Waals surface area contributed by atoms with E-state index in [-0.39, 0.29) is 5.82 Å². The van der Waals surface area contributed by atoms with Gasteiger partial charge in [0.15, 0.2) is 0 Å². The fraction of sp³-hybridized carbons (Fsp3) is 0.423. The molecule has 0 amide bonds. The van der Waals surface area contributed by atoms with Crippen LogP contribution in [0.15, 0.2) is 53.8 Å². The molecule has 1 N–H and O–H groups in total. The van der Waals surface area contributed by atoms with Crippen molar-refractivity contribution >= 4 is 28.6 Å². The summed E-state index contributed by atoms with van der Waals surface area (Å²) in [5.74, 6) is 0.480. The summed E-state index contributed by atoms with van der Waals surface area (Å²) in [5, 5.41) is 11.8. The van der Waals surface area contributed by atoms with Gasteiger partial charge in [0, 0.05) is 23.9 Å². The van der Waals surface area contributed by atoms with E-state index >= 15 is 0 Å². The quantitative estimate of drug-likeness (QED) is 0.404. The summed E-state index contributed by atoms with van der Waals surface area (Å²) in [5.41, 5.74) is 0.539. The predicted octanol–water partition coefficient (Wildman–Crippen LogP) is 5.06. The Morgan fingerprint density at radius 3 is 2.76 bits per heavy atom. The molecule has 1 fully saturated rings. The van der Waals surface area contributed by atoms with Gasteiger partial charge in [0.2, 0.25) is 0 Å². The van der Waals surface area contributed by atoms with Crippen molar-refractivity contribution in [3.05, 3.63) is 60.2 Å². The molecule has 0 aliphatic carbocycles. The zero-order chi connectivity index (χ0) is 24.0. The number of fused-ring (bicyclic) bond motifs is 1. The van der Waals surface area contributed by atoms with E-state index < -0.39 is 11.4 Å². The number of carboxylic acids is 1. The summed E-state index contributed by atoms with van der Waals surface area (Å²) >= 11 is 1.72. The van der Waals surface area contributed by atoms with Crippen LogP contribution in [0.3, 0.4) is 0 Å². The molecule has 6 nitrogen and oxygen atoms in total. The van der Waals surface area contributed by atoms with Crippen molar-refractivity contribution in [2.45, 2.75) is 37.1 Å². The highest BCUT2D eigenvalue weighted by Crippen LogP contribution is 2.38. The van der Waals surface area contributed by atoms with E-state index in [2.05, 4.69) is 14.9 Å². The Bertz CT molecular complexity index is 1120. The molecule has 1 aromatic carbocycles. The number of rotatable bonds is 10. The highest BCUT2D eigenvalue weighted by molar-refractivity contribution is 7.99. The summed E-state index contributed by atoms with van der Waals surface area (Å²) in [4.78, 5) is 23.1. The number of carboxylic acid groups (broad SMARTS) is 1. The van der Waals surface area contributed by atoms with Gasteiger partial charge < -0.3 is 14.7 Å². The third-order valence-corrected chi connectivity index (χ3v) is 7.70. The van der Waals surface area contributed by atoms with Crippen LogP contribution >= 0.6 is 11.8 Å². The largest absolute Gasteiger partial charge is 0.497 e.